The molecule has 5 N–H and O–H groups in total. The Hall–Kier alpha value is -1.10. The molecule has 11 heavy (non-hydrogen) atoms. The van der Waals surface area contributed by atoms with Crippen molar-refractivity contribution in [3.05, 3.63) is 0 Å². The molecule has 0 rings (SSSR count). The highest BCUT2D eigenvalue weighted by Gasteiger charge is 2.17. The Morgan fingerprint density at radius 1 is 1.36 bits per heavy atom. The Kier molecular flexibility index (Phi) is 3.53. The van der Waals surface area contributed by atoms with E-state index in [1.807, 2.05) is 5.32 Å². The average Bonchev–Trinajstić information content (AvgIpc) is 1.84. The summed E-state index contributed by atoms with van der Waals surface area (Å²) < 4.78 is 0. The third-order valence-electron chi connectivity index (χ3n) is 1.27. The van der Waals surface area contributed by atoms with Crippen molar-refractivity contribution in [2.24, 2.45) is 17.4 Å². The van der Waals surface area contributed by atoms with Gasteiger partial charge >= 0.3 is 6.03 Å². The van der Waals surface area contributed by atoms with Gasteiger partial charge in [0.25, 0.3) is 0 Å². The summed E-state index contributed by atoms with van der Waals surface area (Å²) in [6.07, 6.45) is 0. The lowest BCUT2D eigenvalue weighted by atomic mass is 10.1. The van der Waals surface area contributed by atoms with E-state index in [4.69, 9.17) is 11.5 Å². The topological polar surface area (TPSA) is 98.2 Å². The molecule has 0 fully saturated rings. The molecule has 5 nitrogen and oxygen atoms in total. The van der Waals surface area contributed by atoms with Crippen LogP contribution in [-0.4, -0.2) is 18.0 Å². The summed E-state index contributed by atoms with van der Waals surface area (Å²) in [6.45, 7) is 3.57. The first-order valence-electron chi connectivity index (χ1n) is 3.31. The van der Waals surface area contributed by atoms with E-state index in [9.17, 15) is 9.59 Å². The Bertz CT molecular complexity index is 167. The second-order valence-corrected chi connectivity index (χ2v) is 2.62. The molecule has 0 aromatic carbocycles. The van der Waals surface area contributed by atoms with E-state index in [2.05, 4.69) is 0 Å². The van der Waals surface area contributed by atoms with E-state index >= 15 is 0 Å². The van der Waals surface area contributed by atoms with Gasteiger partial charge in [-0.3, -0.25) is 10.1 Å². The Balaban J connectivity index is 3.93. The van der Waals surface area contributed by atoms with Gasteiger partial charge in [-0.1, -0.05) is 13.8 Å². The van der Waals surface area contributed by atoms with Crippen molar-refractivity contribution in [2.75, 3.05) is 0 Å². The van der Waals surface area contributed by atoms with Gasteiger partial charge in [0.2, 0.25) is 5.91 Å². The second kappa shape index (κ2) is 3.92. The maximum Gasteiger partial charge on any atom is 0.318 e. The van der Waals surface area contributed by atoms with Gasteiger partial charge in [-0.15, -0.1) is 0 Å². The molecule has 0 radical (unpaired) electrons. The summed E-state index contributed by atoms with van der Waals surface area (Å²) in [5, 5.41) is 1.90. The van der Waals surface area contributed by atoms with Gasteiger partial charge in [-0.05, 0) is 5.92 Å². The van der Waals surface area contributed by atoms with Gasteiger partial charge in [0.05, 0.1) is 6.04 Å². The van der Waals surface area contributed by atoms with Gasteiger partial charge in [0.15, 0.2) is 0 Å². The number of urea groups is 1. The monoisotopic (exact) mass is 159 g/mol. The fourth-order valence-electron chi connectivity index (χ4n) is 0.508. The summed E-state index contributed by atoms with van der Waals surface area (Å²) in [5.41, 5.74) is 10.1. The first-order valence-corrected chi connectivity index (χ1v) is 3.31. The van der Waals surface area contributed by atoms with Crippen LogP contribution in [0, 0.1) is 5.92 Å². The molecule has 1 atom stereocenters. The number of hydrogen-bond donors (Lipinski definition) is 3. The van der Waals surface area contributed by atoms with Crippen LogP contribution in [0.5, 0.6) is 0 Å². The van der Waals surface area contributed by atoms with Gasteiger partial charge in [0.1, 0.15) is 0 Å². The zero-order valence-electron chi connectivity index (χ0n) is 6.63. The largest absolute Gasteiger partial charge is 0.351 e. The predicted octanol–water partition coefficient (Wildman–Crippen LogP) is -0.835. The number of amides is 3. The molecule has 0 spiro atoms. The molecule has 0 bridgehead atoms. The molecular formula is C6H13N3O2. The number of imide groups is 1. The number of nitrogens with two attached hydrogens (primary N) is 2. The maximum atomic E-state index is 10.9. The van der Waals surface area contributed by atoms with Crippen LogP contribution in [-0.2, 0) is 4.79 Å². The summed E-state index contributed by atoms with van der Waals surface area (Å²) in [7, 11) is 0. The van der Waals surface area contributed by atoms with Crippen LogP contribution in [0.4, 0.5) is 4.79 Å². The van der Waals surface area contributed by atoms with Crippen molar-refractivity contribution in [1.29, 1.82) is 0 Å². The van der Waals surface area contributed by atoms with Crippen LogP contribution in [0.3, 0.4) is 0 Å². The van der Waals surface area contributed by atoms with E-state index in [0.717, 1.165) is 0 Å². The summed E-state index contributed by atoms with van der Waals surface area (Å²) >= 11 is 0. The molecule has 5 heteroatoms. The maximum absolute atomic E-state index is 10.9. The van der Waals surface area contributed by atoms with Crippen molar-refractivity contribution < 1.29 is 9.59 Å². The highest BCUT2D eigenvalue weighted by atomic mass is 16.2. The van der Waals surface area contributed by atoms with Crippen LogP contribution < -0.4 is 16.8 Å². The molecule has 0 aromatic heterocycles. The number of hydrogen-bond acceptors (Lipinski definition) is 3. The molecule has 0 aliphatic carbocycles. The fourth-order valence-corrected chi connectivity index (χ4v) is 0.508. The lowest BCUT2D eigenvalue weighted by molar-refractivity contribution is -0.122. The molecule has 64 valence electrons. The first-order chi connectivity index (χ1) is 4.95. The van der Waals surface area contributed by atoms with E-state index in [-0.39, 0.29) is 5.92 Å². The first kappa shape index (κ1) is 9.90. The minimum atomic E-state index is -0.869. The Morgan fingerprint density at radius 3 is 2.09 bits per heavy atom. The van der Waals surface area contributed by atoms with E-state index in [0.29, 0.717) is 0 Å². The lowest BCUT2D eigenvalue weighted by Gasteiger charge is -2.12. The molecule has 3 amide bonds. The van der Waals surface area contributed by atoms with Crippen molar-refractivity contribution >= 4 is 11.9 Å². The lowest BCUT2D eigenvalue weighted by Crippen LogP contribution is -2.47. The van der Waals surface area contributed by atoms with Crippen LogP contribution in [0.25, 0.3) is 0 Å². The molecule has 0 saturated carbocycles. The number of nitrogens with one attached hydrogen (secondary N) is 1. The molecule has 0 saturated heterocycles. The minimum Gasteiger partial charge on any atom is -0.351 e. The van der Waals surface area contributed by atoms with E-state index in [1.165, 1.54) is 0 Å². The zero-order chi connectivity index (χ0) is 9.02. The number of carbonyl (C=O) groups is 2. The summed E-state index contributed by atoms with van der Waals surface area (Å²) in [4.78, 5) is 21.0. The molecular weight excluding hydrogens is 146 g/mol. The van der Waals surface area contributed by atoms with Crippen LogP contribution in [0.1, 0.15) is 13.8 Å². The van der Waals surface area contributed by atoms with Crippen LogP contribution in [0.15, 0.2) is 0 Å². The number of primary amides is 1. The summed E-state index contributed by atoms with van der Waals surface area (Å²) in [6, 6.07) is -1.55. The van der Waals surface area contributed by atoms with Gasteiger partial charge < -0.3 is 11.5 Å². The van der Waals surface area contributed by atoms with Gasteiger partial charge in [0, 0.05) is 0 Å². The third-order valence-corrected chi connectivity index (χ3v) is 1.27. The smallest absolute Gasteiger partial charge is 0.318 e. The molecule has 0 aromatic rings. The van der Waals surface area contributed by atoms with Crippen molar-refractivity contribution in [3.63, 3.8) is 0 Å². The van der Waals surface area contributed by atoms with Crippen molar-refractivity contribution in [2.45, 2.75) is 19.9 Å². The molecule has 0 aliphatic rings. The molecule has 0 heterocycles. The fraction of sp³-hybridized carbons (Fsp3) is 0.667. The van der Waals surface area contributed by atoms with Crippen LogP contribution in [0.2, 0.25) is 0 Å². The molecule has 0 unspecified atom stereocenters. The van der Waals surface area contributed by atoms with E-state index < -0.39 is 18.0 Å². The average molecular weight is 159 g/mol. The second-order valence-electron chi connectivity index (χ2n) is 2.62. The minimum absolute atomic E-state index is 0.00523. The highest BCUT2D eigenvalue weighted by molar-refractivity contribution is 5.96. The van der Waals surface area contributed by atoms with Crippen LogP contribution >= 0.6 is 0 Å². The van der Waals surface area contributed by atoms with Gasteiger partial charge in [-0.2, -0.15) is 0 Å². The number of rotatable bonds is 2. The molecule has 0 aliphatic heterocycles. The Morgan fingerprint density at radius 2 is 1.82 bits per heavy atom. The standard InChI is InChI=1S/C6H13N3O2/c1-3(2)4(7)5(10)9-6(8)11/h3-4H,7H2,1-2H3,(H3,8,9,10,11)/t4-/m0/s1. The predicted molar refractivity (Wildman–Crippen MR) is 40.5 cm³/mol. The zero-order valence-corrected chi connectivity index (χ0v) is 6.63. The van der Waals surface area contributed by atoms with E-state index in [1.54, 1.807) is 13.8 Å². The summed E-state index contributed by atoms with van der Waals surface area (Å²) in [5.74, 6) is -0.540. The normalized spacial score (nSPS) is 12.7. The van der Waals surface area contributed by atoms with Crippen molar-refractivity contribution in [3.8, 4) is 0 Å². The third kappa shape index (κ3) is 3.57. The van der Waals surface area contributed by atoms with Gasteiger partial charge in [-0.25, -0.2) is 4.79 Å². The SMILES string of the molecule is CC(C)[C@H](N)C(=O)NC(N)=O. The quantitative estimate of drug-likeness (QED) is 0.490. The number of carbonyl (C=O) groups excluding carboxylic acids is 2. The van der Waals surface area contributed by atoms with Crippen molar-refractivity contribution in [1.82, 2.24) is 5.32 Å². The highest BCUT2D eigenvalue weighted by Crippen LogP contribution is 1.96. The Labute approximate surface area is 65.1 Å².